The van der Waals surface area contributed by atoms with Crippen LogP contribution < -0.4 is 0 Å². The number of rotatable bonds is 8. The summed E-state index contributed by atoms with van der Waals surface area (Å²) in [4.78, 5) is 0. The summed E-state index contributed by atoms with van der Waals surface area (Å²) in [6, 6.07) is 0. The predicted molar refractivity (Wildman–Crippen MR) is 101 cm³/mol. The molecule has 0 spiro atoms. The Morgan fingerprint density at radius 1 is 0.415 bits per heavy atom. The van der Waals surface area contributed by atoms with Gasteiger partial charge < -0.3 is 0 Å². The zero-order valence-electron chi connectivity index (χ0n) is 18.9. The maximum atomic E-state index is 13.4. The Morgan fingerprint density at radius 3 is 0.976 bits per heavy atom. The van der Waals surface area contributed by atoms with Crippen LogP contribution >= 0.6 is 8.58 Å². The molecule has 0 heterocycles. The molecule has 41 heavy (non-hydrogen) atoms. The van der Waals surface area contributed by atoms with E-state index in [1.54, 1.807) is 0 Å². The summed E-state index contributed by atoms with van der Waals surface area (Å²) in [6.45, 7) is -0.925. The summed E-state index contributed by atoms with van der Waals surface area (Å²) in [5, 5.41) is 0. The normalized spacial score (nSPS) is 13.2. The second-order valence-corrected chi connectivity index (χ2v) is 8.92. The molecule has 0 saturated carbocycles. The van der Waals surface area contributed by atoms with Crippen molar-refractivity contribution in [1.82, 2.24) is 0 Å². The molecule has 0 amide bonds. The molecule has 1 atom stereocenters. The SMILES string of the molecule is FCCCCPC(F)(F)C(F)(F)C(F)(F)C(F)(F)F.Fc1c(F)c(F)c(-c2c(F)c(F)c(F)c(F)c2F)c(F)c1F. The van der Waals surface area contributed by atoms with Gasteiger partial charge in [-0.15, -0.1) is 0 Å². The quantitative estimate of drug-likeness (QED) is 0.0871. The molecule has 0 aromatic heterocycles. The van der Waals surface area contributed by atoms with Crippen LogP contribution in [0.1, 0.15) is 12.8 Å². The van der Waals surface area contributed by atoms with Gasteiger partial charge in [0.1, 0.15) is 0 Å². The molecular weight excluding hydrogens is 651 g/mol. The minimum absolute atomic E-state index is 0.260. The van der Waals surface area contributed by atoms with E-state index in [0.717, 1.165) is 0 Å². The summed E-state index contributed by atoms with van der Waals surface area (Å²) in [6.07, 6.45) is -8.12. The van der Waals surface area contributed by atoms with E-state index in [0.29, 0.717) is 0 Å². The number of hydrogen-bond donors (Lipinski definition) is 0. The van der Waals surface area contributed by atoms with Gasteiger partial charge in [0.15, 0.2) is 46.5 Å². The Morgan fingerprint density at radius 2 is 0.707 bits per heavy atom. The van der Waals surface area contributed by atoms with E-state index in [9.17, 15) is 87.8 Å². The van der Waals surface area contributed by atoms with E-state index in [-0.39, 0.29) is 12.8 Å². The number of hydrogen-bond acceptors (Lipinski definition) is 0. The van der Waals surface area contributed by atoms with Gasteiger partial charge >= 0.3 is 23.7 Å². The van der Waals surface area contributed by atoms with Gasteiger partial charge in [-0.25, -0.2) is 43.9 Å². The van der Waals surface area contributed by atoms with Crippen molar-refractivity contribution in [2.45, 2.75) is 36.5 Å². The van der Waals surface area contributed by atoms with Gasteiger partial charge in [-0.05, 0) is 27.6 Å². The molecular formula is C20H9F20P. The zero-order valence-corrected chi connectivity index (χ0v) is 19.9. The van der Waals surface area contributed by atoms with Gasteiger partial charge in [0, 0.05) is 0 Å². The zero-order chi connectivity index (χ0) is 32.5. The predicted octanol–water partition coefficient (Wildman–Crippen LogP) is 9.58. The summed E-state index contributed by atoms with van der Waals surface area (Å²) < 4.78 is 254. The standard InChI is InChI=1S/C12F10.C8H9F10P/c13-3-1(4(14)8(18)11(21)7(3)17)2-5(15)9(19)12(22)10(20)6(2)16;9-3-1-2-4-19-8(17,18)6(12,13)5(10,11)7(14,15)16/h;19H,1-4H2. The van der Waals surface area contributed by atoms with Gasteiger partial charge in [-0.1, -0.05) is 0 Å². The third-order valence-electron chi connectivity index (χ3n) is 4.72. The molecule has 0 aliphatic rings. The van der Waals surface area contributed by atoms with Crippen molar-refractivity contribution in [3.63, 3.8) is 0 Å². The first-order valence-electron chi connectivity index (χ1n) is 9.96. The summed E-state index contributed by atoms with van der Waals surface area (Å²) >= 11 is 0. The lowest BCUT2D eigenvalue weighted by molar-refractivity contribution is -0.381. The highest BCUT2D eigenvalue weighted by atomic mass is 31.1. The van der Waals surface area contributed by atoms with Gasteiger partial charge in [-0.3, -0.25) is 4.39 Å². The van der Waals surface area contributed by atoms with Crippen LogP contribution in [0.5, 0.6) is 0 Å². The highest BCUT2D eigenvalue weighted by Gasteiger charge is 2.81. The van der Waals surface area contributed by atoms with Crippen molar-refractivity contribution in [2.24, 2.45) is 0 Å². The lowest BCUT2D eigenvalue weighted by Gasteiger charge is -2.33. The van der Waals surface area contributed by atoms with E-state index in [4.69, 9.17) is 0 Å². The molecule has 0 saturated heterocycles. The fraction of sp³-hybridized carbons (Fsp3) is 0.400. The van der Waals surface area contributed by atoms with Crippen molar-refractivity contribution < 1.29 is 87.8 Å². The lowest BCUT2D eigenvalue weighted by Crippen LogP contribution is -2.59. The Balaban J connectivity index is 0.000000416. The maximum absolute atomic E-state index is 13.4. The molecule has 0 aliphatic carbocycles. The van der Waals surface area contributed by atoms with E-state index in [2.05, 4.69) is 0 Å². The topological polar surface area (TPSA) is 0 Å². The average molecular weight is 660 g/mol. The molecule has 21 heteroatoms. The molecule has 0 aliphatic heterocycles. The Kier molecular flexibility index (Phi) is 11.4. The van der Waals surface area contributed by atoms with Crippen molar-refractivity contribution in [2.75, 3.05) is 12.8 Å². The van der Waals surface area contributed by atoms with E-state index < -0.39 is 114 Å². The van der Waals surface area contributed by atoms with E-state index in [1.807, 2.05) is 0 Å². The largest absolute Gasteiger partial charge is 0.460 e. The highest BCUT2D eigenvalue weighted by Crippen LogP contribution is 2.58. The van der Waals surface area contributed by atoms with Gasteiger partial charge in [-0.2, -0.15) is 39.5 Å². The van der Waals surface area contributed by atoms with Gasteiger partial charge in [0.2, 0.25) is 11.6 Å². The van der Waals surface area contributed by atoms with Crippen molar-refractivity contribution in [3.8, 4) is 11.1 Å². The minimum atomic E-state index is -6.84. The number of halogens is 20. The Hall–Kier alpha value is -2.53. The third kappa shape index (κ3) is 6.77. The number of unbranched alkanes of at least 4 members (excludes halogenated alkanes) is 1. The summed E-state index contributed by atoms with van der Waals surface area (Å²) in [7, 11) is -2.16. The van der Waals surface area contributed by atoms with Crippen LogP contribution in [0, 0.1) is 58.2 Å². The average Bonchev–Trinajstić information content (AvgIpc) is 2.88. The minimum Gasteiger partial charge on any atom is -0.251 e. The second kappa shape index (κ2) is 12.8. The lowest BCUT2D eigenvalue weighted by atomic mass is 10.0. The molecule has 0 fully saturated rings. The maximum Gasteiger partial charge on any atom is 0.460 e. The van der Waals surface area contributed by atoms with Crippen LogP contribution in [-0.2, 0) is 0 Å². The number of alkyl halides is 10. The van der Waals surface area contributed by atoms with Crippen LogP contribution in [0.4, 0.5) is 87.8 Å². The fourth-order valence-electron chi connectivity index (χ4n) is 2.60. The first-order chi connectivity index (χ1) is 18.4. The van der Waals surface area contributed by atoms with E-state index in [1.165, 1.54) is 0 Å². The van der Waals surface area contributed by atoms with Crippen molar-refractivity contribution in [3.05, 3.63) is 58.2 Å². The smallest absolute Gasteiger partial charge is 0.251 e. The van der Waals surface area contributed by atoms with E-state index >= 15 is 0 Å². The van der Waals surface area contributed by atoms with Crippen LogP contribution in [0.25, 0.3) is 11.1 Å². The summed E-state index contributed by atoms with van der Waals surface area (Å²) in [5.41, 5.74) is -10.0. The molecule has 234 valence electrons. The van der Waals surface area contributed by atoms with Gasteiger partial charge in [0.25, 0.3) is 0 Å². The van der Waals surface area contributed by atoms with Crippen LogP contribution in [0.2, 0.25) is 0 Å². The third-order valence-corrected chi connectivity index (χ3v) is 6.08. The summed E-state index contributed by atoms with van der Waals surface area (Å²) in [5.74, 6) is -40.0. The van der Waals surface area contributed by atoms with Crippen LogP contribution in [0.3, 0.4) is 0 Å². The van der Waals surface area contributed by atoms with Crippen LogP contribution in [-0.4, -0.2) is 36.5 Å². The Labute approximate surface area is 216 Å². The van der Waals surface area contributed by atoms with Crippen LogP contribution in [0.15, 0.2) is 0 Å². The molecule has 0 N–H and O–H groups in total. The molecule has 2 aromatic rings. The number of benzene rings is 2. The molecule has 0 bridgehead atoms. The first kappa shape index (κ1) is 36.5. The van der Waals surface area contributed by atoms with Crippen molar-refractivity contribution in [1.29, 1.82) is 0 Å². The molecule has 2 rings (SSSR count). The molecule has 0 nitrogen and oxygen atoms in total. The molecule has 0 radical (unpaired) electrons. The second-order valence-electron chi connectivity index (χ2n) is 7.43. The van der Waals surface area contributed by atoms with Gasteiger partial charge in [0.05, 0.1) is 17.8 Å². The monoisotopic (exact) mass is 660 g/mol. The Bertz CT molecular complexity index is 1130. The highest BCUT2D eigenvalue weighted by molar-refractivity contribution is 7.39. The fourth-order valence-corrected chi connectivity index (χ4v) is 3.72. The first-order valence-corrected chi connectivity index (χ1v) is 11.2. The molecule has 2 aromatic carbocycles. The van der Waals surface area contributed by atoms with Crippen molar-refractivity contribution >= 4 is 8.58 Å². The molecule has 1 unspecified atom stereocenters.